The highest BCUT2D eigenvalue weighted by molar-refractivity contribution is 5.66. The second-order valence-corrected chi connectivity index (χ2v) is 3.87. The Bertz CT molecular complexity index is 483. The zero-order chi connectivity index (χ0) is 11.7. The molecule has 2 aromatic heterocycles. The second kappa shape index (κ2) is 3.96. The Labute approximate surface area is 94.1 Å². The molecule has 86 valence electrons. The summed E-state index contributed by atoms with van der Waals surface area (Å²) in [5.41, 5.74) is 7.63. The van der Waals surface area contributed by atoms with Crippen molar-refractivity contribution in [3.63, 3.8) is 0 Å². The largest absolute Gasteiger partial charge is 0.380 e. The minimum Gasteiger partial charge on any atom is -0.380 e. The van der Waals surface area contributed by atoms with E-state index < -0.39 is 0 Å². The first-order valence-electron chi connectivity index (χ1n) is 5.34. The number of hydrogen-bond donors (Lipinski definition) is 1. The van der Waals surface area contributed by atoms with Crippen molar-refractivity contribution in [1.82, 2.24) is 24.8 Å². The molecule has 0 amide bonds. The van der Waals surface area contributed by atoms with E-state index in [0.717, 1.165) is 17.8 Å². The maximum atomic E-state index is 5.86. The molecule has 2 rings (SSSR count). The molecule has 0 radical (unpaired) electrons. The van der Waals surface area contributed by atoms with Gasteiger partial charge in [-0.3, -0.25) is 4.68 Å². The lowest BCUT2D eigenvalue weighted by molar-refractivity contribution is 0.467. The summed E-state index contributed by atoms with van der Waals surface area (Å²) in [5.74, 6) is 0.448. The van der Waals surface area contributed by atoms with Crippen molar-refractivity contribution in [3.8, 4) is 11.4 Å². The number of aryl methyl sites for hydroxylation is 1. The second-order valence-electron chi connectivity index (χ2n) is 3.87. The van der Waals surface area contributed by atoms with Crippen LogP contribution in [0.5, 0.6) is 0 Å². The van der Waals surface area contributed by atoms with Crippen LogP contribution in [0.2, 0.25) is 0 Å². The van der Waals surface area contributed by atoms with Gasteiger partial charge in [0.25, 0.3) is 0 Å². The van der Waals surface area contributed by atoms with Crippen molar-refractivity contribution < 1.29 is 0 Å². The molecule has 0 aliphatic carbocycles. The van der Waals surface area contributed by atoms with E-state index in [1.165, 1.54) is 0 Å². The number of nitrogen functional groups attached to an aromatic ring is 1. The van der Waals surface area contributed by atoms with Crippen LogP contribution in [0.1, 0.15) is 26.3 Å². The summed E-state index contributed by atoms with van der Waals surface area (Å²) < 4.78 is 3.63. The molecule has 2 heterocycles. The van der Waals surface area contributed by atoms with E-state index in [1.54, 1.807) is 10.9 Å². The van der Waals surface area contributed by atoms with E-state index in [4.69, 9.17) is 5.73 Å². The zero-order valence-corrected chi connectivity index (χ0v) is 9.75. The average Bonchev–Trinajstić information content (AvgIpc) is 2.83. The lowest BCUT2D eigenvalue weighted by atomic mass is 10.2. The van der Waals surface area contributed by atoms with Crippen molar-refractivity contribution in [1.29, 1.82) is 0 Å². The number of aromatic nitrogens is 5. The first-order valence-corrected chi connectivity index (χ1v) is 5.34. The van der Waals surface area contributed by atoms with E-state index >= 15 is 0 Å². The van der Waals surface area contributed by atoms with Crippen molar-refractivity contribution in [2.45, 2.75) is 26.3 Å². The summed E-state index contributed by atoms with van der Waals surface area (Å²) in [7, 11) is 1.88. The van der Waals surface area contributed by atoms with Crippen LogP contribution in [-0.4, -0.2) is 24.8 Å². The molecular formula is C10H16N6. The topological polar surface area (TPSA) is 74.6 Å². The van der Waals surface area contributed by atoms with Gasteiger partial charge in [0.2, 0.25) is 0 Å². The van der Waals surface area contributed by atoms with Gasteiger partial charge in [-0.25, -0.2) is 4.68 Å². The van der Waals surface area contributed by atoms with Gasteiger partial charge < -0.3 is 5.73 Å². The van der Waals surface area contributed by atoms with Crippen LogP contribution in [0.4, 0.5) is 5.82 Å². The molecule has 0 saturated carbocycles. The molecule has 0 aliphatic rings. The first-order chi connectivity index (χ1) is 7.65. The summed E-state index contributed by atoms with van der Waals surface area (Å²) in [6, 6.07) is 2.18. The quantitative estimate of drug-likeness (QED) is 0.844. The molecule has 0 aromatic carbocycles. The molecule has 0 bridgehead atoms. The van der Waals surface area contributed by atoms with Crippen LogP contribution in [0, 0.1) is 0 Å². The standard InChI is InChI=1S/C10H16N6/c1-4-7(2)16-9(10(11)13-14-16)8-5-6-12-15(8)3/h5-7H,4,11H2,1-3H3. The van der Waals surface area contributed by atoms with E-state index in [1.807, 2.05) is 17.8 Å². The summed E-state index contributed by atoms with van der Waals surface area (Å²) in [4.78, 5) is 0. The predicted molar refractivity (Wildman–Crippen MR) is 61.6 cm³/mol. The van der Waals surface area contributed by atoms with Crippen molar-refractivity contribution in [2.75, 3.05) is 5.73 Å². The van der Waals surface area contributed by atoms with Gasteiger partial charge in [-0.15, -0.1) is 5.10 Å². The monoisotopic (exact) mass is 220 g/mol. The highest BCUT2D eigenvalue weighted by Crippen LogP contribution is 2.26. The Morgan fingerprint density at radius 1 is 1.50 bits per heavy atom. The van der Waals surface area contributed by atoms with Crippen LogP contribution < -0.4 is 5.73 Å². The zero-order valence-electron chi connectivity index (χ0n) is 9.75. The number of hydrogen-bond acceptors (Lipinski definition) is 4. The van der Waals surface area contributed by atoms with Gasteiger partial charge in [0.15, 0.2) is 5.82 Å². The third-order valence-electron chi connectivity index (χ3n) is 2.79. The Balaban J connectivity index is 2.56. The fraction of sp³-hybridized carbons (Fsp3) is 0.500. The molecule has 1 atom stereocenters. The third-order valence-corrected chi connectivity index (χ3v) is 2.79. The van der Waals surface area contributed by atoms with E-state index in [0.29, 0.717) is 5.82 Å². The van der Waals surface area contributed by atoms with Gasteiger partial charge in [-0.05, 0) is 19.4 Å². The Morgan fingerprint density at radius 3 is 2.81 bits per heavy atom. The molecule has 2 aromatic rings. The van der Waals surface area contributed by atoms with Crippen LogP contribution in [0.15, 0.2) is 12.3 Å². The number of rotatable bonds is 3. The van der Waals surface area contributed by atoms with Crippen LogP contribution in [0.25, 0.3) is 11.4 Å². The SMILES string of the molecule is CCC(C)n1nnc(N)c1-c1ccnn1C. The maximum Gasteiger partial charge on any atom is 0.175 e. The van der Waals surface area contributed by atoms with E-state index in [2.05, 4.69) is 29.3 Å². The molecule has 0 fully saturated rings. The average molecular weight is 220 g/mol. The minimum absolute atomic E-state index is 0.273. The third kappa shape index (κ3) is 1.56. The number of anilines is 1. The minimum atomic E-state index is 0.273. The summed E-state index contributed by atoms with van der Waals surface area (Å²) in [6.45, 7) is 4.20. The van der Waals surface area contributed by atoms with Gasteiger partial charge in [0, 0.05) is 13.2 Å². The smallest absolute Gasteiger partial charge is 0.175 e. The fourth-order valence-electron chi connectivity index (χ4n) is 1.64. The van der Waals surface area contributed by atoms with Crippen molar-refractivity contribution in [3.05, 3.63) is 12.3 Å². The molecule has 0 spiro atoms. The summed E-state index contributed by atoms with van der Waals surface area (Å²) in [5, 5.41) is 12.1. The van der Waals surface area contributed by atoms with Gasteiger partial charge >= 0.3 is 0 Å². The number of nitrogens with two attached hydrogens (primary N) is 1. The highest BCUT2D eigenvalue weighted by Gasteiger charge is 2.18. The molecule has 1 unspecified atom stereocenters. The molecule has 0 aliphatic heterocycles. The van der Waals surface area contributed by atoms with Crippen LogP contribution >= 0.6 is 0 Å². The van der Waals surface area contributed by atoms with Crippen molar-refractivity contribution >= 4 is 5.82 Å². The molecule has 0 saturated heterocycles. The molecule has 6 nitrogen and oxygen atoms in total. The lowest BCUT2D eigenvalue weighted by Gasteiger charge is -2.12. The Hall–Kier alpha value is -1.85. The van der Waals surface area contributed by atoms with Gasteiger partial charge in [-0.2, -0.15) is 5.10 Å². The Kier molecular flexibility index (Phi) is 2.64. The fourth-order valence-corrected chi connectivity index (χ4v) is 1.64. The summed E-state index contributed by atoms with van der Waals surface area (Å²) >= 11 is 0. The van der Waals surface area contributed by atoms with Crippen LogP contribution in [-0.2, 0) is 7.05 Å². The molecular weight excluding hydrogens is 204 g/mol. The van der Waals surface area contributed by atoms with Gasteiger partial charge in [-0.1, -0.05) is 12.1 Å². The Morgan fingerprint density at radius 2 is 2.25 bits per heavy atom. The number of nitrogens with zero attached hydrogens (tertiary/aromatic N) is 5. The highest BCUT2D eigenvalue weighted by atomic mass is 15.5. The summed E-state index contributed by atoms with van der Waals surface area (Å²) in [6.07, 6.45) is 2.72. The first kappa shape index (κ1) is 10.7. The predicted octanol–water partition coefficient (Wildman–Crippen LogP) is 1.23. The van der Waals surface area contributed by atoms with E-state index in [9.17, 15) is 0 Å². The lowest BCUT2D eigenvalue weighted by Crippen LogP contribution is -2.09. The van der Waals surface area contributed by atoms with Gasteiger partial charge in [0.05, 0.1) is 11.7 Å². The van der Waals surface area contributed by atoms with Gasteiger partial charge in [0.1, 0.15) is 5.69 Å². The molecule has 16 heavy (non-hydrogen) atoms. The van der Waals surface area contributed by atoms with E-state index in [-0.39, 0.29) is 6.04 Å². The maximum absolute atomic E-state index is 5.86. The van der Waals surface area contributed by atoms with Crippen LogP contribution in [0.3, 0.4) is 0 Å². The molecule has 6 heteroatoms. The normalized spacial score (nSPS) is 12.9. The molecule has 2 N–H and O–H groups in total. The van der Waals surface area contributed by atoms with Crippen molar-refractivity contribution in [2.24, 2.45) is 7.05 Å².